The van der Waals surface area contributed by atoms with E-state index < -0.39 is 0 Å². The molecule has 6 nitrogen and oxygen atoms in total. The lowest BCUT2D eigenvalue weighted by molar-refractivity contribution is 0.103. The highest BCUT2D eigenvalue weighted by atomic mass is 32.1. The molecule has 0 aliphatic heterocycles. The maximum Gasteiger partial charge on any atom is 0.267 e. The first kappa shape index (κ1) is 16.8. The van der Waals surface area contributed by atoms with Crippen LogP contribution in [0.5, 0.6) is 0 Å². The summed E-state index contributed by atoms with van der Waals surface area (Å²) in [4.78, 5) is 22.1. The summed E-state index contributed by atoms with van der Waals surface area (Å²) in [5.41, 5.74) is 2.58. The number of hydrogen-bond donors (Lipinski definition) is 2. The van der Waals surface area contributed by atoms with E-state index in [9.17, 15) is 4.79 Å². The molecule has 4 aromatic rings. The van der Waals surface area contributed by atoms with E-state index in [1.165, 1.54) is 24.2 Å². The summed E-state index contributed by atoms with van der Waals surface area (Å²) in [6.07, 6.45) is 3.96. The molecule has 28 heavy (non-hydrogen) atoms. The molecule has 1 amide bonds. The van der Waals surface area contributed by atoms with E-state index in [-0.39, 0.29) is 5.91 Å². The van der Waals surface area contributed by atoms with Crippen molar-refractivity contribution in [3.8, 4) is 22.0 Å². The Morgan fingerprint density at radius 2 is 1.89 bits per heavy atom. The zero-order valence-corrected chi connectivity index (χ0v) is 15.7. The molecule has 0 saturated heterocycles. The fourth-order valence-electron chi connectivity index (χ4n) is 2.96. The maximum absolute atomic E-state index is 12.6. The fraction of sp³-hybridized carbons (Fsp3) is 0.143. The number of anilines is 1. The Labute approximate surface area is 165 Å². The number of nitrogens with zero attached hydrogens (tertiary/aromatic N) is 3. The second-order valence-corrected chi connectivity index (χ2v) is 7.78. The number of carbonyl (C=O) groups excluding carboxylic acids is 1. The molecule has 1 fully saturated rings. The van der Waals surface area contributed by atoms with Crippen LogP contribution >= 0.6 is 11.3 Å². The van der Waals surface area contributed by atoms with Gasteiger partial charge in [-0.3, -0.25) is 9.89 Å². The molecule has 1 aliphatic rings. The lowest BCUT2D eigenvalue weighted by atomic mass is 10.2. The standard InChI is InChI=1S/C21H17N5OS/c27-20(17-12-22-21(28-17)14-5-2-1-3-6-14)23-16-8-4-7-15(11-16)19-24-18(25-26-19)13-9-10-13/h1-8,11-13H,9-10H2,(H,23,27)(H,24,25,26). The van der Waals surface area contributed by atoms with E-state index in [0.29, 0.717) is 22.3 Å². The second kappa shape index (κ2) is 7.01. The number of amides is 1. The van der Waals surface area contributed by atoms with Gasteiger partial charge in [0.2, 0.25) is 0 Å². The number of benzene rings is 2. The Balaban J connectivity index is 1.33. The molecule has 0 spiro atoms. The topological polar surface area (TPSA) is 83.6 Å². The van der Waals surface area contributed by atoms with Crippen molar-refractivity contribution >= 4 is 22.9 Å². The maximum atomic E-state index is 12.6. The average molecular weight is 387 g/mol. The van der Waals surface area contributed by atoms with Crippen molar-refractivity contribution in [1.29, 1.82) is 0 Å². The Hall–Kier alpha value is -3.32. The Bertz CT molecular complexity index is 1130. The monoisotopic (exact) mass is 387 g/mol. The van der Waals surface area contributed by atoms with Gasteiger partial charge in [-0.05, 0) is 25.0 Å². The average Bonchev–Trinajstić information content (AvgIpc) is 3.26. The van der Waals surface area contributed by atoms with Gasteiger partial charge in [-0.25, -0.2) is 9.97 Å². The van der Waals surface area contributed by atoms with Gasteiger partial charge in [0.05, 0.1) is 6.20 Å². The van der Waals surface area contributed by atoms with Crippen molar-refractivity contribution in [2.24, 2.45) is 0 Å². The van der Waals surface area contributed by atoms with E-state index >= 15 is 0 Å². The first-order valence-corrected chi connectivity index (χ1v) is 9.93. The minimum absolute atomic E-state index is 0.175. The molecule has 1 saturated carbocycles. The van der Waals surface area contributed by atoms with Gasteiger partial charge in [0, 0.05) is 22.7 Å². The van der Waals surface area contributed by atoms with Crippen LogP contribution in [0.2, 0.25) is 0 Å². The molecule has 2 aromatic carbocycles. The highest BCUT2D eigenvalue weighted by molar-refractivity contribution is 7.17. The molecule has 0 unspecified atom stereocenters. The molecule has 138 valence electrons. The Morgan fingerprint density at radius 1 is 1.07 bits per heavy atom. The van der Waals surface area contributed by atoms with Crippen molar-refractivity contribution in [2.45, 2.75) is 18.8 Å². The molecule has 0 bridgehead atoms. The zero-order valence-electron chi connectivity index (χ0n) is 14.9. The van der Waals surface area contributed by atoms with Crippen LogP contribution in [0.25, 0.3) is 22.0 Å². The summed E-state index contributed by atoms with van der Waals surface area (Å²) in [5.74, 6) is 1.95. The second-order valence-electron chi connectivity index (χ2n) is 6.75. The first-order valence-electron chi connectivity index (χ1n) is 9.11. The molecule has 5 rings (SSSR count). The minimum atomic E-state index is -0.175. The molecular formula is C21H17N5OS. The van der Waals surface area contributed by atoms with Crippen molar-refractivity contribution in [1.82, 2.24) is 20.2 Å². The molecule has 1 aliphatic carbocycles. The summed E-state index contributed by atoms with van der Waals surface area (Å²) in [7, 11) is 0. The molecule has 2 heterocycles. The van der Waals surface area contributed by atoms with E-state index in [1.807, 2.05) is 54.6 Å². The van der Waals surface area contributed by atoms with Crippen molar-refractivity contribution < 1.29 is 4.79 Å². The predicted molar refractivity (Wildman–Crippen MR) is 109 cm³/mol. The summed E-state index contributed by atoms with van der Waals surface area (Å²) >= 11 is 1.37. The zero-order chi connectivity index (χ0) is 18.9. The molecule has 2 aromatic heterocycles. The SMILES string of the molecule is O=C(Nc1cccc(-c2n[nH]c(C3CC3)n2)c1)c1cnc(-c2ccccc2)s1. The largest absolute Gasteiger partial charge is 0.321 e. The van der Waals surface area contributed by atoms with Gasteiger partial charge < -0.3 is 5.32 Å². The number of aromatic nitrogens is 4. The van der Waals surface area contributed by atoms with Crippen LogP contribution in [0, 0.1) is 0 Å². The van der Waals surface area contributed by atoms with Crippen molar-refractivity contribution in [2.75, 3.05) is 5.32 Å². The van der Waals surface area contributed by atoms with Gasteiger partial charge in [-0.2, -0.15) is 5.10 Å². The summed E-state index contributed by atoms with van der Waals surface area (Å²) in [6.45, 7) is 0. The van der Waals surface area contributed by atoms with Crippen LogP contribution in [0.3, 0.4) is 0 Å². The lowest BCUT2D eigenvalue weighted by Gasteiger charge is -2.04. The highest BCUT2D eigenvalue weighted by Gasteiger charge is 2.27. The Kier molecular flexibility index (Phi) is 4.21. The van der Waals surface area contributed by atoms with Crippen LogP contribution in [-0.2, 0) is 0 Å². The number of H-pyrrole nitrogens is 1. The van der Waals surface area contributed by atoms with E-state index in [4.69, 9.17) is 0 Å². The number of aromatic amines is 1. The molecule has 2 N–H and O–H groups in total. The summed E-state index contributed by atoms with van der Waals surface area (Å²) < 4.78 is 0. The first-order chi connectivity index (χ1) is 13.8. The van der Waals surface area contributed by atoms with Crippen LogP contribution in [0.4, 0.5) is 5.69 Å². The molecule has 7 heteroatoms. The lowest BCUT2D eigenvalue weighted by Crippen LogP contribution is -2.10. The number of carbonyl (C=O) groups is 1. The smallest absolute Gasteiger partial charge is 0.267 e. The van der Waals surface area contributed by atoms with E-state index in [0.717, 1.165) is 22.0 Å². The van der Waals surface area contributed by atoms with Gasteiger partial charge in [0.1, 0.15) is 15.7 Å². The normalized spacial score (nSPS) is 13.4. The third-order valence-electron chi connectivity index (χ3n) is 4.60. The van der Waals surface area contributed by atoms with Crippen molar-refractivity contribution in [3.05, 3.63) is 71.5 Å². The van der Waals surface area contributed by atoms with Crippen molar-refractivity contribution in [3.63, 3.8) is 0 Å². The molecule has 0 radical (unpaired) electrons. The van der Waals surface area contributed by atoms with Crippen LogP contribution in [0.15, 0.2) is 60.8 Å². The van der Waals surface area contributed by atoms with E-state index in [1.54, 1.807) is 6.20 Å². The minimum Gasteiger partial charge on any atom is -0.321 e. The van der Waals surface area contributed by atoms with Gasteiger partial charge in [0.15, 0.2) is 5.82 Å². The van der Waals surface area contributed by atoms with Crippen LogP contribution in [-0.4, -0.2) is 26.1 Å². The number of hydrogen-bond acceptors (Lipinski definition) is 5. The number of thiazole rings is 1. The predicted octanol–water partition coefficient (Wildman–Crippen LogP) is 4.72. The number of rotatable bonds is 5. The van der Waals surface area contributed by atoms with Gasteiger partial charge in [-0.15, -0.1) is 11.3 Å². The van der Waals surface area contributed by atoms with E-state index in [2.05, 4.69) is 25.5 Å². The molecule has 0 atom stereocenters. The number of nitrogens with one attached hydrogen (secondary N) is 2. The van der Waals surface area contributed by atoms with Gasteiger partial charge in [0.25, 0.3) is 5.91 Å². The molecular weight excluding hydrogens is 370 g/mol. The third-order valence-corrected chi connectivity index (χ3v) is 5.64. The van der Waals surface area contributed by atoms with Gasteiger partial charge in [-0.1, -0.05) is 42.5 Å². The quantitative estimate of drug-likeness (QED) is 0.519. The van der Waals surface area contributed by atoms with Crippen LogP contribution < -0.4 is 5.32 Å². The van der Waals surface area contributed by atoms with Gasteiger partial charge >= 0.3 is 0 Å². The summed E-state index contributed by atoms with van der Waals surface area (Å²) in [6, 6.07) is 17.4. The third kappa shape index (κ3) is 3.44. The van der Waals surface area contributed by atoms with Crippen LogP contribution in [0.1, 0.15) is 34.3 Å². The highest BCUT2D eigenvalue weighted by Crippen LogP contribution is 2.38. The Morgan fingerprint density at radius 3 is 2.71 bits per heavy atom. The fourth-order valence-corrected chi connectivity index (χ4v) is 3.78. The summed E-state index contributed by atoms with van der Waals surface area (Å²) in [5, 5.41) is 11.1.